The number of hydrogen-bond donors (Lipinski definition) is 2. The van der Waals surface area contributed by atoms with Gasteiger partial charge in [0.2, 0.25) is 5.88 Å². The number of nitrogens with zero attached hydrogens (tertiary/aromatic N) is 1. The Balaban J connectivity index is 0.00000225. The van der Waals surface area contributed by atoms with Gasteiger partial charge in [-0.05, 0) is 68.6 Å². The summed E-state index contributed by atoms with van der Waals surface area (Å²) < 4.78 is 6.06. The number of hydrogen-bond acceptors (Lipinski definition) is 5. The zero-order chi connectivity index (χ0) is 16.9. The molecule has 2 heterocycles. The third-order valence-corrected chi connectivity index (χ3v) is 5.83. The van der Waals surface area contributed by atoms with Crippen LogP contribution in [-0.2, 0) is 0 Å². The van der Waals surface area contributed by atoms with E-state index >= 15 is 0 Å². The van der Waals surface area contributed by atoms with E-state index in [9.17, 15) is 4.79 Å². The number of pyridine rings is 1. The van der Waals surface area contributed by atoms with Gasteiger partial charge >= 0.3 is 0 Å². The maximum Gasteiger partial charge on any atom is 0.256 e. The fraction of sp³-hybridized carbons (Fsp3) is 0.667. The third kappa shape index (κ3) is 5.76. The predicted octanol–water partition coefficient (Wildman–Crippen LogP) is 3.09. The van der Waals surface area contributed by atoms with Gasteiger partial charge in [-0.3, -0.25) is 4.79 Å². The molecule has 1 aliphatic carbocycles. The number of carbonyl (C=O) groups is 1. The van der Waals surface area contributed by atoms with Crippen molar-refractivity contribution in [2.45, 2.75) is 63.6 Å². The van der Waals surface area contributed by atoms with Gasteiger partial charge in [0.15, 0.2) is 0 Å². The van der Waals surface area contributed by atoms with Crippen LogP contribution in [0.2, 0.25) is 0 Å². The molecule has 140 valence electrons. The first-order chi connectivity index (χ1) is 11.6. The van der Waals surface area contributed by atoms with Gasteiger partial charge < -0.3 is 15.8 Å². The molecule has 1 amide bonds. The van der Waals surface area contributed by atoms with Crippen LogP contribution in [-0.4, -0.2) is 40.6 Å². The monoisotopic (exact) mass is 385 g/mol. The van der Waals surface area contributed by atoms with Crippen LogP contribution in [0.3, 0.4) is 0 Å². The van der Waals surface area contributed by atoms with Crippen LogP contribution in [0.15, 0.2) is 12.3 Å². The summed E-state index contributed by atoms with van der Waals surface area (Å²) in [6, 6.07) is 2.36. The van der Waals surface area contributed by atoms with Crippen molar-refractivity contribution in [3.05, 3.63) is 23.4 Å². The van der Waals surface area contributed by atoms with Gasteiger partial charge in [-0.2, -0.15) is 11.8 Å². The van der Waals surface area contributed by atoms with Gasteiger partial charge in [-0.25, -0.2) is 4.98 Å². The van der Waals surface area contributed by atoms with Crippen LogP contribution < -0.4 is 15.8 Å². The second kappa shape index (κ2) is 9.64. The minimum absolute atomic E-state index is 0. The Labute approximate surface area is 160 Å². The highest BCUT2D eigenvalue weighted by Gasteiger charge is 2.24. The van der Waals surface area contributed by atoms with Crippen LogP contribution in [0.5, 0.6) is 5.88 Å². The molecule has 25 heavy (non-hydrogen) atoms. The van der Waals surface area contributed by atoms with Crippen LogP contribution in [0, 0.1) is 6.92 Å². The van der Waals surface area contributed by atoms with Crippen molar-refractivity contribution < 1.29 is 9.53 Å². The van der Waals surface area contributed by atoms with Gasteiger partial charge in [-0.15, -0.1) is 12.4 Å². The lowest BCUT2D eigenvalue weighted by atomic mass is 9.91. The molecule has 1 aliphatic heterocycles. The Bertz CT molecular complexity index is 573. The van der Waals surface area contributed by atoms with E-state index in [1.54, 1.807) is 6.20 Å². The molecule has 7 heteroatoms. The maximum atomic E-state index is 12.7. The minimum Gasteiger partial charge on any atom is -0.474 e. The average molecular weight is 386 g/mol. The summed E-state index contributed by atoms with van der Waals surface area (Å²) in [6.45, 7) is 1.95. The molecule has 3 rings (SSSR count). The van der Waals surface area contributed by atoms with E-state index in [2.05, 4.69) is 10.3 Å². The van der Waals surface area contributed by atoms with E-state index in [1.807, 2.05) is 24.8 Å². The van der Waals surface area contributed by atoms with Gasteiger partial charge in [-0.1, -0.05) is 0 Å². The Morgan fingerprint density at radius 3 is 2.60 bits per heavy atom. The Kier molecular flexibility index (Phi) is 7.84. The molecule has 0 unspecified atom stereocenters. The summed E-state index contributed by atoms with van der Waals surface area (Å²) >= 11 is 1.96. The molecule has 1 saturated heterocycles. The van der Waals surface area contributed by atoms with E-state index < -0.39 is 0 Å². The lowest BCUT2D eigenvalue weighted by Crippen LogP contribution is -2.40. The first-order valence-corrected chi connectivity index (χ1v) is 10.0. The number of nitrogens with two attached hydrogens (primary N) is 1. The normalized spacial score (nSPS) is 24.2. The lowest BCUT2D eigenvalue weighted by Gasteiger charge is -2.27. The lowest BCUT2D eigenvalue weighted by molar-refractivity contribution is 0.0915. The van der Waals surface area contributed by atoms with Crippen molar-refractivity contribution >= 4 is 30.1 Å². The molecule has 0 aromatic carbocycles. The van der Waals surface area contributed by atoms with Gasteiger partial charge in [0.1, 0.15) is 11.7 Å². The fourth-order valence-corrected chi connectivity index (χ4v) is 4.35. The van der Waals surface area contributed by atoms with Crippen molar-refractivity contribution in [1.82, 2.24) is 10.3 Å². The summed E-state index contributed by atoms with van der Waals surface area (Å²) in [5.41, 5.74) is 7.47. The van der Waals surface area contributed by atoms with E-state index in [4.69, 9.17) is 10.5 Å². The molecule has 3 N–H and O–H groups in total. The standard InChI is InChI=1S/C18H27N3O2S.ClH/c1-12-10-16(17(22)21-14-4-2-13(19)3-5-14)18(20-11-12)23-15-6-8-24-9-7-15;/h10-11,13-15H,2-9,19H2,1H3,(H,21,22);1H. The first-order valence-electron chi connectivity index (χ1n) is 8.89. The molecule has 0 spiro atoms. The molecule has 1 aromatic heterocycles. The number of ether oxygens (including phenoxy) is 1. The Hall–Kier alpha value is -0.980. The Morgan fingerprint density at radius 1 is 1.24 bits per heavy atom. The summed E-state index contributed by atoms with van der Waals surface area (Å²) in [5.74, 6) is 2.62. The van der Waals surface area contributed by atoms with Gasteiger partial charge in [0.25, 0.3) is 5.91 Å². The van der Waals surface area contributed by atoms with Crippen molar-refractivity contribution in [2.24, 2.45) is 5.73 Å². The number of nitrogens with one attached hydrogen (secondary N) is 1. The molecule has 0 bridgehead atoms. The summed E-state index contributed by atoms with van der Waals surface area (Å²) in [7, 11) is 0. The molecule has 1 saturated carbocycles. The molecular weight excluding hydrogens is 358 g/mol. The second-order valence-electron chi connectivity index (χ2n) is 6.88. The minimum atomic E-state index is -0.0770. The highest BCUT2D eigenvalue weighted by atomic mass is 35.5. The van der Waals surface area contributed by atoms with Crippen molar-refractivity contribution in [2.75, 3.05) is 11.5 Å². The SMILES string of the molecule is Cc1cnc(OC2CCSCC2)c(C(=O)NC2CCC(N)CC2)c1.Cl. The highest BCUT2D eigenvalue weighted by Crippen LogP contribution is 2.25. The molecule has 1 aromatic rings. The fourth-order valence-electron chi connectivity index (χ4n) is 3.29. The largest absolute Gasteiger partial charge is 0.474 e. The zero-order valence-corrected chi connectivity index (χ0v) is 16.3. The van der Waals surface area contributed by atoms with Crippen molar-refractivity contribution in [1.29, 1.82) is 0 Å². The number of aryl methyl sites for hydroxylation is 1. The highest BCUT2D eigenvalue weighted by molar-refractivity contribution is 7.99. The summed E-state index contributed by atoms with van der Waals surface area (Å²) in [4.78, 5) is 17.1. The Morgan fingerprint density at radius 2 is 1.92 bits per heavy atom. The van der Waals surface area contributed by atoms with Crippen molar-refractivity contribution in [3.8, 4) is 5.88 Å². The van der Waals surface area contributed by atoms with Crippen LogP contribution in [0.4, 0.5) is 0 Å². The van der Waals surface area contributed by atoms with E-state index in [1.165, 1.54) is 0 Å². The number of halogens is 1. The zero-order valence-electron chi connectivity index (χ0n) is 14.7. The van der Waals surface area contributed by atoms with Crippen LogP contribution in [0.1, 0.15) is 54.4 Å². The molecule has 5 nitrogen and oxygen atoms in total. The molecule has 2 fully saturated rings. The van der Waals surface area contributed by atoms with E-state index in [0.29, 0.717) is 11.4 Å². The van der Waals surface area contributed by atoms with Crippen LogP contribution in [0.25, 0.3) is 0 Å². The predicted molar refractivity (Wildman–Crippen MR) is 105 cm³/mol. The second-order valence-corrected chi connectivity index (χ2v) is 8.10. The summed E-state index contributed by atoms with van der Waals surface area (Å²) in [5, 5.41) is 3.14. The van der Waals surface area contributed by atoms with Crippen LogP contribution >= 0.6 is 24.2 Å². The summed E-state index contributed by atoms with van der Waals surface area (Å²) in [6.07, 6.45) is 7.80. The molecule has 2 aliphatic rings. The van der Waals surface area contributed by atoms with Gasteiger partial charge in [0, 0.05) is 18.3 Å². The van der Waals surface area contributed by atoms with E-state index in [-0.39, 0.29) is 36.5 Å². The van der Waals surface area contributed by atoms with Crippen molar-refractivity contribution in [3.63, 3.8) is 0 Å². The molecule has 0 radical (unpaired) electrons. The molecule has 0 atom stereocenters. The number of thioether (sulfide) groups is 1. The van der Waals surface area contributed by atoms with Gasteiger partial charge in [0.05, 0.1) is 0 Å². The number of rotatable bonds is 4. The quantitative estimate of drug-likeness (QED) is 0.832. The smallest absolute Gasteiger partial charge is 0.256 e. The third-order valence-electron chi connectivity index (χ3n) is 4.79. The maximum absolute atomic E-state index is 12.7. The average Bonchev–Trinajstić information content (AvgIpc) is 2.59. The number of carbonyl (C=O) groups excluding carboxylic acids is 1. The first kappa shape index (κ1) is 20.3. The van der Waals surface area contributed by atoms with E-state index in [0.717, 1.165) is 55.6 Å². The molecular formula is C18H28ClN3O2S. The number of amides is 1. The number of aromatic nitrogens is 1. The topological polar surface area (TPSA) is 77.2 Å².